The molecule has 15 heavy (non-hydrogen) atoms. The Hall–Kier alpha value is -1.03. The lowest BCUT2D eigenvalue weighted by Crippen LogP contribution is -2.03. The van der Waals surface area contributed by atoms with Crippen molar-refractivity contribution in [1.82, 2.24) is 9.97 Å². The van der Waals surface area contributed by atoms with E-state index in [-0.39, 0.29) is 0 Å². The maximum Gasteiger partial charge on any atom is 0.237 e. The number of ether oxygens (including phenoxy) is 1. The smallest absolute Gasteiger partial charge is 0.237 e. The molecule has 5 heteroatoms. The van der Waals surface area contributed by atoms with Crippen molar-refractivity contribution in [2.45, 2.75) is 19.3 Å². The Morgan fingerprint density at radius 3 is 3.07 bits per heavy atom. The van der Waals surface area contributed by atoms with Crippen LogP contribution >= 0.6 is 11.6 Å². The average molecular weight is 228 g/mol. The second-order valence-electron chi connectivity index (χ2n) is 3.68. The van der Waals surface area contributed by atoms with E-state index in [0.29, 0.717) is 23.5 Å². The highest BCUT2D eigenvalue weighted by atomic mass is 35.5. The van der Waals surface area contributed by atoms with Gasteiger partial charge in [-0.25, -0.2) is 4.98 Å². The molecule has 2 rings (SSSR count). The van der Waals surface area contributed by atoms with Crippen molar-refractivity contribution in [3.63, 3.8) is 0 Å². The fourth-order valence-corrected chi connectivity index (χ4v) is 1.45. The summed E-state index contributed by atoms with van der Waals surface area (Å²) >= 11 is 5.91. The van der Waals surface area contributed by atoms with E-state index in [1.807, 2.05) is 0 Å². The number of rotatable bonds is 5. The summed E-state index contributed by atoms with van der Waals surface area (Å²) in [6, 6.07) is 0. The number of nitrogens with zero attached hydrogens (tertiary/aromatic N) is 2. The molecule has 1 heterocycles. The molecule has 0 amide bonds. The van der Waals surface area contributed by atoms with Crippen LogP contribution in [0.4, 0.5) is 5.95 Å². The van der Waals surface area contributed by atoms with E-state index in [9.17, 15) is 0 Å². The lowest BCUT2D eigenvalue weighted by molar-refractivity contribution is 0.291. The standard InChI is InChI=1S/C10H14ClN3O/c1-12-10-13-6-8(11)9(14-10)15-5-4-7-2-3-7/h6-7H,2-5H2,1H3,(H,12,13,14). The first kappa shape index (κ1) is 10.5. The molecule has 0 unspecified atom stereocenters. The summed E-state index contributed by atoms with van der Waals surface area (Å²) in [5.41, 5.74) is 0. The molecule has 0 spiro atoms. The number of aromatic nitrogens is 2. The summed E-state index contributed by atoms with van der Waals surface area (Å²) in [6.45, 7) is 0.685. The topological polar surface area (TPSA) is 47.0 Å². The van der Waals surface area contributed by atoms with Crippen LogP contribution in [0.1, 0.15) is 19.3 Å². The average Bonchev–Trinajstić information content (AvgIpc) is 3.05. The number of hydrogen-bond acceptors (Lipinski definition) is 4. The van der Waals surface area contributed by atoms with Gasteiger partial charge in [0.15, 0.2) is 0 Å². The molecular formula is C10H14ClN3O. The molecule has 1 aliphatic carbocycles. The molecule has 0 radical (unpaired) electrons. The molecule has 0 bridgehead atoms. The third kappa shape index (κ3) is 2.96. The molecule has 4 nitrogen and oxygen atoms in total. The lowest BCUT2D eigenvalue weighted by Gasteiger charge is -2.07. The largest absolute Gasteiger partial charge is 0.476 e. The molecule has 1 saturated carbocycles. The monoisotopic (exact) mass is 227 g/mol. The molecule has 1 aromatic heterocycles. The summed E-state index contributed by atoms with van der Waals surface area (Å²) in [4.78, 5) is 8.11. The molecule has 0 aliphatic heterocycles. The van der Waals surface area contributed by atoms with E-state index >= 15 is 0 Å². The fraction of sp³-hybridized carbons (Fsp3) is 0.600. The zero-order valence-electron chi connectivity index (χ0n) is 8.66. The molecule has 0 saturated heterocycles. The van der Waals surface area contributed by atoms with Crippen molar-refractivity contribution in [1.29, 1.82) is 0 Å². The maximum atomic E-state index is 5.91. The Bertz CT molecular complexity index is 341. The van der Waals surface area contributed by atoms with E-state index in [1.54, 1.807) is 13.2 Å². The zero-order valence-corrected chi connectivity index (χ0v) is 9.42. The molecule has 1 aromatic rings. The van der Waals surface area contributed by atoms with Crippen LogP contribution in [0.2, 0.25) is 5.02 Å². The van der Waals surface area contributed by atoms with Crippen LogP contribution in [0.15, 0.2) is 6.20 Å². The SMILES string of the molecule is CNc1ncc(Cl)c(OCCC2CC2)n1. The minimum absolute atomic E-state index is 0.463. The van der Waals surface area contributed by atoms with Crippen LogP contribution < -0.4 is 10.1 Å². The van der Waals surface area contributed by atoms with Crippen molar-refractivity contribution in [2.75, 3.05) is 19.0 Å². The summed E-state index contributed by atoms with van der Waals surface area (Å²) in [6.07, 6.45) is 5.31. The van der Waals surface area contributed by atoms with E-state index in [2.05, 4.69) is 15.3 Å². The van der Waals surface area contributed by atoms with Crippen molar-refractivity contribution in [2.24, 2.45) is 5.92 Å². The van der Waals surface area contributed by atoms with Gasteiger partial charge < -0.3 is 10.1 Å². The van der Waals surface area contributed by atoms with Gasteiger partial charge in [-0.1, -0.05) is 24.4 Å². The third-order valence-corrected chi connectivity index (χ3v) is 2.66. The number of halogens is 1. The molecule has 1 fully saturated rings. The van der Waals surface area contributed by atoms with E-state index < -0.39 is 0 Å². The maximum absolute atomic E-state index is 5.91. The second-order valence-corrected chi connectivity index (χ2v) is 4.08. The van der Waals surface area contributed by atoms with Gasteiger partial charge in [0.05, 0.1) is 12.8 Å². The van der Waals surface area contributed by atoms with Crippen molar-refractivity contribution in [3.8, 4) is 5.88 Å². The molecular weight excluding hydrogens is 214 g/mol. The first-order valence-corrected chi connectivity index (χ1v) is 5.50. The second kappa shape index (κ2) is 4.66. The van der Waals surface area contributed by atoms with Crippen molar-refractivity contribution in [3.05, 3.63) is 11.2 Å². The summed E-state index contributed by atoms with van der Waals surface area (Å²) < 4.78 is 5.51. The number of hydrogen-bond donors (Lipinski definition) is 1. The van der Waals surface area contributed by atoms with Crippen LogP contribution in [0.3, 0.4) is 0 Å². The van der Waals surface area contributed by atoms with Gasteiger partial charge in [-0.05, 0) is 12.3 Å². The van der Waals surface area contributed by atoms with Crippen molar-refractivity contribution >= 4 is 17.5 Å². The minimum Gasteiger partial charge on any atom is -0.476 e. The van der Waals surface area contributed by atoms with Gasteiger partial charge in [-0.15, -0.1) is 0 Å². The van der Waals surface area contributed by atoms with E-state index in [4.69, 9.17) is 16.3 Å². The van der Waals surface area contributed by atoms with Crippen LogP contribution in [0, 0.1) is 5.92 Å². The molecule has 1 aliphatic rings. The summed E-state index contributed by atoms with van der Waals surface area (Å²) in [7, 11) is 1.76. The Kier molecular flexibility index (Phi) is 3.26. The molecule has 0 atom stereocenters. The number of anilines is 1. The molecule has 0 aromatic carbocycles. The summed E-state index contributed by atoms with van der Waals surface area (Å²) in [5, 5.41) is 3.31. The van der Waals surface area contributed by atoms with Gasteiger partial charge in [0.1, 0.15) is 5.02 Å². The molecule has 82 valence electrons. The Morgan fingerprint density at radius 1 is 1.60 bits per heavy atom. The van der Waals surface area contributed by atoms with Gasteiger partial charge in [0.2, 0.25) is 11.8 Å². The van der Waals surface area contributed by atoms with E-state index in [1.165, 1.54) is 12.8 Å². The van der Waals surface area contributed by atoms with Crippen LogP contribution in [-0.4, -0.2) is 23.6 Å². The highest BCUT2D eigenvalue weighted by Gasteiger charge is 2.21. The first-order chi connectivity index (χ1) is 7.29. The highest BCUT2D eigenvalue weighted by Crippen LogP contribution is 2.32. The van der Waals surface area contributed by atoms with Crippen LogP contribution in [0.25, 0.3) is 0 Å². The predicted molar refractivity (Wildman–Crippen MR) is 59.4 cm³/mol. The Morgan fingerprint density at radius 2 is 2.40 bits per heavy atom. The summed E-state index contributed by atoms with van der Waals surface area (Å²) in [5.74, 6) is 1.85. The molecule has 1 N–H and O–H groups in total. The Labute approximate surface area is 94.0 Å². The lowest BCUT2D eigenvalue weighted by atomic mass is 10.3. The van der Waals surface area contributed by atoms with Crippen LogP contribution in [0.5, 0.6) is 5.88 Å². The normalized spacial score (nSPS) is 15.1. The quantitative estimate of drug-likeness (QED) is 0.839. The van der Waals surface area contributed by atoms with Crippen LogP contribution in [-0.2, 0) is 0 Å². The first-order valence-electron chi connectivity index (χ1n) is 5.12. The highest BCUT2D eigenvalue weighted by molar-refractivity contribution is 6.31. The Balaban J connectivity index is 1.92. The van der Waals surface area contributed by atoms with Gasteiger partial charge in [-0.2, -0.15) is 4.98 Å². The van der Waals surface area contributed by atoms with Gasteiger partial charge in [0.25, 0.3) is 0 Å². The third-order valence-electron chi connectivity index (χ3n) is 2.40. The van der Waals surface area contributed by atoms with Gasteiger partial charge in [-0.3, -0.25) is 0 Å². The van der Waals surface area contributed by atoms with Gasteiger partial charge >= 0.3 is 0 Å². The van der Waals surface area contributed by atoms with Crippen molar-refractivity contribution < 1.29 is 4.74 Å². The number of nitrogens with one attached hydrogen (secondary N) is 1. The fourth-order valence-electron chi connectivity index (χ4n) is 1.30. The minimum atomic E-state index is 0.463. The zero-order chi connectivity index (χ0) is 10.7. The predicted octanol–water partition coefficient (Wildman–Crippen LogP) is 2.35. The van der Waals surface area contributed by atoms with E-state index in [0.717, 1.165) is 12.3 Å². The van der Waals surface area contributed by atoms with Gasteiger partial charge in [0, 0.05) is 7.05 Å².